The lowest BCUT2D eigenvalue weighted by atomic mass is 10.1. The second kappa shape index (κ2) is 9.30. The summed E-state index contributed by atoms with van der Waals surface area (Å²) in [6.45, 7) is -0.700. The minimum absolute atomic E-state index is 0.202. The fourth-order valence-corrected chi connectivity index (χ4v) is 3.18. The standard InChI is InChI=1S/C24H19FN2O5/c25-17-7-9-19(10-8-17)31-14-21(28)16-6-11-22-20(12-16)27(24(30)15-32-22)13-23(29)26-18-4-2-1-3-5-18/h1-12H,13-15H2,(H,26,29). The molecule has 1 heterocycles. The Kier molecular flexibility index (Phi) is 6.12. The Bertz CT molecular complexity index is 1150. The van der Waals surface area contributed by atoms with Crippen LogP contribution in [0.2, 0.25) is 0 Å². The second-order valence-corrected chi connectivity index (χ2v) is 7.03. The van der Waals surface area contributed by atoms with Gasteiger partial charge in [-0.1, -0.05) is 18.2 Å². The highest BCUT2D eigenvalue weighted by Gasteiger charge is 2.28. The highest BCUT2D eigenvalue weighted by atomic mass is 19.1. The summed E-state index contributed by atoms with van der Waals surface area (Å²) in [5.41, 5.74) is 1.23. The molecule has 0 aromatic heterocycles. The normalized spacial score (nSPS) is 12.5. The Morgan fingerprint density at radius 2 is 1.78 bits per heavy atom. The van der Waals surface area contributed by atoms with Gasteiger partial charge in [-0.25, -0.2) is 4.39 Å². The molecule has 8 heteroatoms. The first-order chi connectivity index (χ1) is 15.5. The Balaban J connectivity index is 1.48. The molecule has 0 aliphatic carbocycles. The van der Waals surface area contributed by atoms with Gasteiger partial charge in [0.15, 0.2) is 19.0 Å². The average molecular weight is 434 g/mol. The predicted octanol–water partition coefficient (Wildman–Crippen LogP) is 3.45. The molecule has 0 bridgehead atoms. The van der Waals surface area contributed by atoms with Crippen molar-refractivity contribution < 1.29 is 28.2 Å². The van der Waals surface area contributed by atoms with Crippen LogP contribution in [0.15, 0.2) is 72.8 Å². The first kappa shape index (κ1) is 21.0. The Hall–Kier alpha value is -4.20. The van der Waals surface area contributed by atoms with E-state index in [9.17, 15) is 18.8 Å². The van der Waals surface area contributed by atoms with Crippen LogP contribution in [0.4, 0.5) is 15.8 Å². The highest BCUT2D eigenvalue weighted by Crippen LogP contribution is 2.33. The molecule has 3 aromatic carbocycles. The van der Waals surface area contributed by atoms with E-state index >= 15 is 0 Å². The maximum absolute atomic E-state index is 13.0. The van der Waals surface area contributed by atoms with Crippen LogP contribution in [-0.4, -0.2) is 37.4 Å². The van der Waals surface area contributed by atoms with E-state index in [1.165, 1.54) is 35.2 Å². The van der Waals surface area contributed by atoms with Crippen molar-refractivity contribution in [1.82, 2.24) is 0 Å². The number of halogens is 1. The number of nitrogens with one attached hydrogen (secondary N) is 1. The van der Waals surface area contributed by atoms with Crippen molar-refractivity contribution in [1.29, 1.82) is 0 Å². The van der Waals surface area contributed by atoms with Crippen molar-refractivity contribution in [3.05, 3.63) is 84.2 Å². The van der Waals surface area contributed by atoms with Crippen molar-refractivity contribution in [3.63, 3.8) is 0 Å². The predicted molar refractivity (Wildman–Crippen MR) is 116 cm³/mol. The van der Waals surface area contributed by atoms with E-state index in [0.717, 1.165) is 0 Å². The molecule has 3 aromatic rings. The first-order valence-corrected chi connectivity index (χ1v) is 9.83. The summed E-state index contributed by atoms with van der Waals surface area (Å²) in [6, 6.07) is 18.9. The molecule has 0 radical (unpaired) electrons. The van der Waals surface area contributed by atoms with Gasteiger partial charge in [-0.3, -0.25) is 19.3 Å². The number of carbonyl (C=O) groups excluding carboxylic acids is 3. The summed E-state index contributed by atoms with van der Waals surface area (Å²) >= 11 is 0. The minimum atomic E-state index is -0.403. The summed E-state index contributed by atoms with van der Waals surface area (Å²) < 4.78 is 23.8. The van der Waals surface area contributed by atoms with Gasteiger partial charge in [-0.05, 0) is 54.6 Å². The molecule has 0 atom stereocenters. The minimum Gasteiger partial charge on any atom is -0.485 e. The van der Waals surface area contributed by atoms with Gasteiger partial charge >= 0.3 is 0 Å². The van der Waals surface area contributed by atoms with E-state index in [2.05, 4.69) is 5.32 Å². The number of ketones is 1. The van der Waals surface area contributed by atoms with Gasteiger partial charge in [0, 0.05) is 11.3 Å². The van der Waals surface area contributed by atoms with Gasteiger partial charge in [0.2, 0.25) is 5.91 Å². The van der Waals surface area contributed by atoms with Crippen LogP contribution in [0.25, 0.3) is 0 Å². The van der Waals surface area contributed by atoms with E-state index in [4.69, 9.17) is 9.47 Å². The molecule has 0 unspecified atom stereocenters. The molecular weight excluding hydrogens is 415 g/mol. The Morgan fingerprint density at radius 3 is 2.53 bits per heavy atom. The number of amides is 2. The average Bonchev–Trinajstić information content (AvgIpc) is 2.80. The van der Waals surface area contributed by atoms with Gasteiger partial charge in [-0.2, -0.15) is 0 Å². The van der Waals surface area contributed by atoms with Gasteiger partial charge in [0.1, 0.15) is 23.9 Å². The zero-order valence-electron chi connectivity index (χ0n) is 16.9. The molecule has 1 aliphatic rings. The van der Waals surface area contributed by atoms with Crippen LogP contribution in [0.1, 0.15) is 10.4 Å². The lowest BCUT2D eigenvalue weighted by Crippen LogP contribution is -2.43. The summed E-state index contributed by atoms with van der Waals surface area (Å²) in [4.78, 5) is 38.8. The molecule has 0 saturated heterocycles. The lowest BCUT2D eigenvalue weighted by Gasteiger charge is -2.29. The van der Waals surface area contributed by atoms with E-state index in [-0.39, 0.29) is 37.0 Å². The van der Waals surface area contributed by atoms with E-state index in [1.807, 2.05) is 6.07 Å². The second-order valence-electron chi connectivity index (χ2n) is 7.03. The monoisotopic (exact) mass is 434 g/mol. The molecule has 1 N–H and O–H groups in total. The number of para-hydroxylation sites is 1. The van der Waals surface area contributed by atoms with Gasteiger partial charge in [0.05, 0.1) is 5.69 Å². The Morgan fingerprint density at radius 1 is 1.03 bits per heavy atom. The van der Waals surface area contributed by atoms with Gasteiger partial charge < -0.3 is 14.8 Å². The molecule has 2 amide bonds. The summed E-state index contributed by atoms with van der Waals surface area (Å²) in [7, 11) is 0. The molecule has 0 saturated carbocycles. The lowest BCUT2D eigenvalue weighted by molar-refractivity contribution is -0.123. The number of fused-ring (bicyclic) bond motifs is 1. The van der Waals surface area contributed by atoms with Crippen LogP contribution in [-0.2, 0) is 9.59 Å². The van der Waals surface area contributed by atoms with E-state index < -0.39 is 11.7 Å². The van der Waals surface area contributed by atoms with E-state index in [0.29, 0.717) is 22.9 Å². The smallest absolute Gasteiger partial charge is 0.265 e. The number of anilines is 2. The number of carbonyl (C=O) groups is 3. The molecule has 0 fully saturated rings. The quantitative estimate of drug-likeness (QED) is 0.576. The molecule has 32 heavy (non-hydrogen) atoms. The third-order valence-corrected chi connectivity index (χ3v) is 4.77. The number of nitrogens with zero attached hydrogens (tertiary/aromatic N) is 1. The number of benzene rings is 3. The molecular formula is C24H19FN2O5. The third kappa shape index (κ3) is 4.92. The number of hydrogen-bond acceptors (Lipinski definition) is 5. The van der Waals surface area contributed by atoms with Gasteiger partial charge in [-0.15, -0.1) is 0 Å². The van der Waals surface area contributed by atoms with Crippen molar-refractivity contribution in [3.8, 4) is 11.5 Å². The molecule has 162 valence electrons. The summed E-state index contributed by atoms with van der Waals surface area (Å²) in [6.07, 6.45) is 0. The Labute approximate surface area is 183 Å². The zero-order chi connectivity index (χ0) is 22.5. The van der Waals surface area contributed by atoms with Crippen LogP contribution in [0.5, 0.6) is 11.5 Å². The number of hydrogen-bond donors (Lipinski definition) is 1. The van der Waals surface area contributed by atoms with Crippen molar-refractivity contribution in [2.24, 2.45) is 0 Å². The molecule has 1 aliphatic heterocycles. The van der Waals surface area contributed by atoms with Gasteiger partial charge in [0.25, 0.3) is 5.91 Å². The highest BCUT2D eigenvalue weighted by molar-refractivity contribution is 6.06. The number of ether oxygens (including phenoxy) is 2. The SMILES string of the molecule is O=C(CN1C(=O)COc2ccc(C(=O)COc3ccc(F)cc3)cc21)Nc1ccccc1. The molecule has 7 nitrogen and oxygen atoms in total. The molecule has 0 spiro atoms. The van der Waals surface area contributed by atoms with Crippen LogP contribution < -0.4 is 19.7 Å². The third-order valence-electron chi connectivity index (χ3n) is 4.77. The van der Waals surface area contributed by atoms with Crippen molar-refractivity contribution in [2.45, 2.75) is 0 Å². The maximum atomic E-state index is 13.0. The van der Waals surface area contributed by atoms with Crippen LogP contribution in [0.3, 0.4) is 0 Å². The van der Waals surface area contributed by atoms with E-state index in [1.54, 1.807) is 36.4 Å². The molecule has 4 rings (SSSR count). The van der Waals surface area contributed by atoms with Crippen molar-refractivity contribution >= 4 is 29.0 Å². The first-order valence-electron chi connectivity index (χ1n) is 9.83. The van der Waals surface area contributed by atoms with Crippen LogP contribution >= 0.6 is 0 Å². The topological polar surface area (TPSA) is 84.9 Å². The summed E-state index contributed by atoms with van der Waals surface area (Å²) in [5.74, 6) is -0.770. The summed E-state index contributed by atoms with van der Waals surface area (Å²) in [5, 5.41) is 2.73. The number of Topliss-reactive ketones (excluding diaryl/α,β-unsaturated/α-hetero) is 1. The zero-order valence-corrected chi connectivity index (χ0v) is 16.9. The largest absolute Gasteiger partial charge is 0.485 e. The van der Waals surface area contributed by atoms with Crippen LogP contribution in [0, 0.1) is 5.82 Å². The van der Waals surface area contributed by atoms with Crippen molar-refractivity contribution in [2.75, 3.05) is 30.0 Å². The fraction of sp³-hybridized carbons (Fsp3) is 0.125. The maximum Gasteiger partial charge on any atom is 0.265 e. The number of rotatable bonds is 7. The fourth-order valence-electron chi connectivity index (χ4n) is 3.18.